The molecule has 0 saturated carbocycles. The lowest BCUT2D eigenvalue weighted by Crippen LogP contribution is -2.35. The van der Waals surface area contributed by atoms with Crippen molar-refractivity contribution in [2.45, 2.75) is 25.3 Å². The molecular formula is C30H28N2O3. The van der Waals surface area contributed by atoms with Crippen LogP contribution in [0.15, 0.2) is 85.1 Å². The number of carbonyl (C=O) groups excluding carboxylic acids is 2. The summed E-state index contributed by atoms with van der Waals surface area (Å²) in [5.74, 6) is -0.321. The zero-order valence-corrected chi connectivity index (χ0v) is 19.7. The second-order valence-electron chi connectivity index (χ2n) is 8.84. The average Bonchev–Trinajstić information content (AvgIpc) is 3.52. The molecule has 1 aliphatic rings. The van der Waals surface area contributed by atoms with Gasteiger partial charge in [-0.25, -0.2) is 4.79 Å². The molecule has 4 aromatic rings. The van der Waals surface area contributed by atoms with Crippen LogP contribution in [0.3, 0.4) is 0 Å². The number of aromatic amines is 1. The maximum absolute atomic E-state index is 13.7. The minimum absolute atomic E-state index is 0.0153. The molecule has 5 heteroatoms. The van der Waals surface area contributed by atoms with Crippen LogP contribution in [0.5, 0.6) is 0 Å². The zero-order valence-electron chi connectivity index (χ0n) is 19.7. The number of nitrogens with zero attached hydrogens (tertiary/aromatic N) is 1. The zero-order chi connectivity index (χ0) is 24.2. The Labute approximate surface area is 205 Å². The van der Waals surface area contributed by atoms with E-state index in [9.17, 15) is 9.59 Å². The number of methoxy groups -OCH3 is 1. The summed E-state index contributed by atoms with van der Waals surface area (Å²) in [5.41, 5.74) is 6.39. The van der Waals surface area contributed by atoms with Gasteiger partial charge in [0.25, 0.3) is 5.91 Å². The maximum Gasteiger partial charge on any atom is 0.330 e. The van der Waals surface area contributed by atoms with Crippen molar-refractivity contribution < 1.29 is 14.3 Å². The molecule has 0 fully saturated rings. The van der Waals surface area contributed by atoms with E-state index < -0.39 is 0 Å². The number of H-pyrrole nitrogens is 1. The number of carbonyl (C=O) groups is 2. The highest BCUT2D eigenvalue weighted by Gasteiger charge is 2.31. The fraction of sp³-hybridized carbons (Fsp3) is 0.200. The molecule has 1 aliphatic carbocycles. The Hall–Kier alpha value is -4.12. The molecule has 176 valence electrons. The predicted molar refractivity (Wildman–Crippen MR) is 138 cm³/mol. The van der Waals surface area contributed by atoms with Gasteiger partial charge < -0.3 is 14.6 Å². The van der Waals surface area contributed by atoms with Gasteiger partial charge in [-0.15, -0.1) is 0 Å². The number of hydrogen-bond donors (Lipinski definition) is 1. The number of hydrogen-bond acceptors (Lipinski definition) is 3. The van der Waals surface area contributed by atoms with Gasteiger partial charge in [-0.05, 0) is 65.8 Å². The number of esters is 1. The summed E-state index contributed by atoms with van der Waals surface area (Å²) in [6, 6.07) is 24.0. The van der Waals surface area contributed by atoms with E-state index in [-0.39, 0.29) is 17.9 Å². The quantitative estimate of drug-likeness (QED) is 0.281. The fourth-order valence-corrected chi connectivity index (χ4v) is 5.00. The summed E-state index contributed by atoms with van der Waals surface area (Å²) in [7, 11) is 1.37. The molecule has 5 rings (SSSR count). The lowest BCUT2D eigenvalue weighted by molar-refractivity contribution is -0.134. The highest BCUT2D eigenvalue weighted by molar-refractivity contribution is 5.94. The first-order valence-corrected chi connectivity index (χ1v) is 11.9. The number of benzene rings is 3. The summed E-state index contributed by atoms with van der Waals surface area (Å²) in [6.07, 6.45) is 7.80. The molecule has 0 radical (unpaired) electrons. The Morgan fingerprint density at radius 1 is 1.06 bits per heavy atom. The predicted octanol–water partition coefficient (Wildman–Crippen LogP) is 5.73. The molecule has 3 aromatic carbocycles. The van der Waals surface area contributed by atoms with Crippen molar-refractivity contribution in [3.8, 4) is 0 Å². The molecule has 1 aromatic heterocycles. The molecule has 5 nitrogen and oxygen atoms in total. The number of ether oxygens (including phenoxy) is 1. The normalized spacial score (nSPS) is 14.8. The first-order chi connectivity index (χ1) is 17.1. The van der Waals surface area contributed by atoms with E-state index in [1.165, 1.54) is 35.3 Å². The number of rotatable bonds is 7. The summed E-state index contributed by atoms with van der Waals surface area (Å²) in [6.45, 7) is 0.629. The van der Waals surface area contributed by atoms with Crippen LogP contribution in [0.25, 0.3) is 17.0 Å². The van der Waals surface area contributed by atoms with Crippen LogP contribution in [0.2, 0.25) is 0 Å². The van der Waals surface area contributed by atoms with Crippen LogP contribution in [-0.4, -0.2) is 35.4 Å². The third-order valence-corrected chi connectivity index (χ3v) is 6.78. The highest BCUT2D eigenvalue weighted by Crippen LogP contribution is 2.37. The molecule has 0 bridgehead atoms. The Morgan fingerprint density at radius 3 is 2.69 bits per heavy atom. The SMILES string of the molecule is COC(=O)C=Cc1ccc2c(c1)CCC2N(CCc1c[nH]c2ccccc12)C(=O)c1ccccc1. The van der Waals surface area contributed by atoms with Gasteiger partial charge in [0.15, 0.2) is 0 Å². The van der Waals surface area contributed by atoms with Crippen LogP contribution in [-0.2, 0) is 22.4 Å². The van der Waals surface area contributed by atoms with Gasteiger partial charge in [-0.2, -0.15) is 0 Å². The Balaban J connectivity index is 1.43. The summed E-state index contributed by atoms with van der Waals surface area (Å²) < 4.78 is 4.69. The molecule has 1 amide bonds. The van der Waals surface area contributed by atoms with Crippen molar-refractivity contribution in [3.63, 3.8) is 0 Å². The molecule has 1 unspecified atom stereocenters. The Morgan fingerprint density at radius 2 is 1.86 bits per heavy atom. The van der Waals surface area contributed by atoms with E-state index in [2.05, 4.69) is 35.4 Å². The molecule has 0 spiro atoms. The third-order valence-electron chi connectivity index (χ3n) is 6.78. The first-order valence-electron chi connectivity index (χ1n) is 11.9. The molecule has 1 atom stereocenters. The molecule has 0 saturated heterocycles. The number of para-hydroxylation sites is 1. The van der Waals surface area contributed by atoms with E-state index in [4.69, 9.17) is 4.74 Å². The summed E-state index contributed by atoms with van der Waals surface area (Å²) in [5, 5.41) is 1.20. The van der Waals surface area contributed by atoms with Crippen LogP contribution < -0.4 is 0 Å². The fourth-order valence-electron chi connectivity index (χ4n) is 5.00. The van der Waals surface area contributed by atoms with Gasteiger partial charge in [-0.3, -0.25) is 4.79 Å². The lowest BCUT2D eigenvalue weighted by Gasteiger charge is -2.30. The van der Waals surface area contributed by atoms with Crippen molar-refractivity contribution in [2.24, 2.45) is 0 Å². The van der Waals surface area contributed by atoms with Crippen molar-refractivity contribution in [3.05, 3.63) is 113 Å². The second kappa shape index (κ2) is 10.0. The largest absolute Gasteiger partial charge is 0.466 e. The number of aryl methyl sites for hydroxylation is 1. The van der Waals surface area contributed by atoms with Crippen molar-refractivity contribution >= 4 is 28.9 Å². The van der Waals surface area contributed by atoms with Crippen LogP contribution in [0.4, 0.5) is 0 Å². The lowest BCUT2D eigenvalue weighted by atomic mass is 10.0. The minimum atomic E-state index is -0.375. The van der Waals surface area contributed by atoms with Crippen molar-refractivity contribution in [1.82, 2.24) is 9.88 Å². The standard InChI is InChI=1S/C30H28N2O3/c1-35-29(33)16-12-21-11-14-26-23(19-21)13-15-28(26)32(30(34)22-7-3-2-4-8-22)18-17-24-20-31-27-10-6-5-9-25(24)27/h2-12,14,16,19-20,28,31H,13,15,17-18H2,1H3. The molecule has 35 heavy (non-hydrogen) atoms. The van der Waals surface area contributed by atoms with Gasteiger partial charge >= 0.3 is 5.97 Å². The molecule has 1 N–H and O–H groups in total. The number of amides is 1. The smallest absolute Gasteiger partial charge is 0.330 e. The molecular weight excluding hydrogens is 436 g/mol. The van der Waals surface area contributed by atoms with E-state index in [1.807, 2.05) is 53.4 Å². The minimum Gasteiger partial charge on any atom is -0.466 e. The summed E-state index contributed by atoms with van der Waals surface area (Å²) in [4.78, 5) is 30.5. The van der Waals surface area contributed by atoms with Gasteiger partial charge in [0.2, 0.25) is 0 Å². The Bertz CT molecular complexity index is 1390. The van der Waals surface area contributed by atoms with Crippen LogP contribution >= 0.6 is 0 Å². The van der Waals surface area contributed by atoms with Crippen molar-refractivity contribution in [1.29, 1.82) is 0 Å². The topological polar surface area (TPSA) is 62.4 Å². The maximum atomic E-state index is 13.7. The third kappa shape index (κ3) is 4.76. The number of nitrogens with one attached hydrogen (secondary N) is 1. The van der Waals surface area contributed by atoms with E-state index >= 15 is 0 Å². The van der Waals surface area contributed by atoms with E-state index in [0.29, 0.717) is 12.1 Å². The van der Waals surface area contributed by atoms with Crippen molar-refractivity contribution in [2.75, 3.05) is 13.7 Å². The van der Waals surface area contributed by atoms with Gasteiger partial charge in [-0.1, -0.05) is 54.6 Å². The average molecular weight is 465 g/mol. The first kappa shape index (κ1) is 22.7. The number of aromatic nitrogens is 1. The van der Waals surface area contributed by atoms with Crippen LogP contribution in [0.1, 0.15) is 45.1 Å². The van der Waals surface area contributed by atoms with Gasteiger partial charge in [0.05, 0.1) is 13.2 Å². The monoisotopic (exact) mass is 464 g/mol. The molecule has 1 heterocycles. The number of fused-ring (bicyclic) bond motifs is 2. The van der Waals surface area contributed by atoms with E-state index in [1.54, 1.807) is 6.08 Å². The van der Waals surface area contributed by atoms with Gasteiger partial charge in [0.1, 0.15) is 0 Å². The second-order valence-corrected chi connectivity index (χ2v) is 8.84. The highest BCUT2D eigenvalue weighted by atomic mass is 16.5. The molecule has 0 aliphatic heterocycles. The Kier molecular flexibility index (Phi) is 6.49. The van der Waals surface area contributed by atoms with Crippen LogP contribution in [0, 0.1) is 0 Å². The van der Waals surface area contributed by atoms with Gasteiger partial charge in [0, 0.05) is 35.3 Å². The van der Waals surface area contributed by atoms with E-state index in [0.717, 1.165) is 30.3 Å². The summed E-state index contributed by atoms with van der Waals surface area (Å²) >= 11 is 0.